The van der Waals surface area contributed by atoms with E-state index in [1.165, 1.54) is 29.7 Å². The SMILES string of the molecule is Fc1ccc(Br)nc1OCc1ncc(Cl)s1. The molecule has 3 nitrogen and oxygen atoms in total. The highest BCUT2D eigenvalue weighted by molar-refractivity contribution is 9.10. The molecule has 0 bridgehead atoms. The summed E-state index contributed by atoms with van der Waals surface area (Å²) in [5.74, 6) is -0.563. The maximum atomic E-state index is 13.2. The first-order valence-corrected chi connectivity index (χ1v) is 6.19. The molecule has 0 fully saturated rings. The number of thiazole rings is 1. The molecule has 0 N–H and O–H groups in total. The van der Waals surface area contributed by atoms with Crippen LogP contribution in [-0.4, -0.2) is 9.97 Å². The zero-order valence-electron chi connectivity index (χ0n) is 7.78. The Bertz CT molecular complexity index is 508. The van der Waals surface area contributed by atoms with Crippen LogP contribution in [0.5, 0.6) is 5.88 Å². The summed E-state index contributed by atoms with van der Waals surface area (Å²) in [5, 5.41) is 0.672. The second-order valence-electron chi connectivity index (χ2n) is 2.77. The van der Waals surface area contributed by atoms with Crippen LogP contribution in [0.1, 0.15) is 5.01 Å². The van der Waals surface area contributed by atoms with Crippen molar-refractivity contribution in [3.05, 3.63) is 38.1 Å². The predicted octanol–water partition coefficient (Wildman–Crippen LogP) is 3.67. The highest BCUT2D eigenvalue weighted by Crippen LogP contribution is 2.22. The van der Waals surface area contributed by atoms with Crippen molar-refractivity contribution in [2.75, 3.05) is 0 Å². The lowest BCUT2D eigenvalue weighted by Gasteiger charge is -2.03. The highest BCUT2D eigenvalue weighted by atomic mass is 79.9. The van der Waals surface area contributed by atoms with Gasteiger partial charge in [-0.05, 0) is 28.1 Å². The predicted molar refractivity (Wildman–Crippen MR) is 63.4 cm³/mol. The molecule has 0 aliphatic carbocycles. The summed E-state index contributed by atoms with van der Waals surface area (Å²) in [6.07, 6.45) is 1.52. The summed E-state index contributed by atoms with van der Waals surface area (Å²) in [4.78, 5) is 7.84. The molecule has 0 aliphatic heterocycles. The highest BCUT2D eigenvalue weighted by Gasteiger charge is 2.07. The van der Waals surface area contributed by atoms with E-state index in [1.807, 2.05) is 0 Å². The van der Waals surface area contributed by atoms with Crippen molar-refractivity contribution in [3.63, 3.8) is 0 Å². The number of hydrogen-bond acceptors (Lipinski definition) is 4. The van der Waals surface area contributed by atoms with Crippen molar-refractivity contribution >= 4 is 38.9 Å². The Kier molecular flexibility index (Phi) is 3.73. The fraction of sp³-hybridized carbons (Fsp3) is 0.111. The monoisotopic (exact) mass is 322 g/mol. The second kappa shape index (κ2) is 5.07. The van der Waals surface area contributed by atoms with Crippen LogP contribution < -0.4 is 4.74 Å². The Morgan fingerprint density at radius 3 is 3.00 bits per heavy atom. The Labute approximate surface area is 108 Å². The van der Waals surface area contributed by atoms with Gasteiger partial charge in [-0.1, -0.05) is 11.6 Å². The van der Waals surface area contributed by atoms with E-state index < -0.39 is 5.82 Å². The van der Waals surface area contributed by atoms with Crippen molar-refractivity contribution in [3.8, 4) is 5.88 Å². The van der Waals surface area contributed by atoms with Gasteiger partial charge in [0.25, 0.3) is 5.88 Å². The van der Waals surface area contributed by atoms with Crippen molar-refractivity contribution in [1.29, 1.82) is 0 Å². The topological polar surface area (TPSA) is 35.0 Å². The third kappa shape index (κ3) is 2.90. The lowest BCUT2D eigenvalue weighted by Crippen LogP contribution is -1.99. The van der Waals surface area contributed by atoms with Gasteiger partial charge in [0.2, 0.25) is 0 Å². The quantitative estimate of drug-likeness (QED) is 0.808. The van der Waals surface area contributed by atoms with Crippen LogP contribution in [0.15, 0.2) is 22.9 Å². The standard InChI is InChI=1S/C9H5BrClFN2OS/c10-6-2-1-5(12)9(14-6)15-4-8-13-3-7(11)16-8/h1-3H,4H2. The number of halogens is 3. The van der Waals surface area contributed by atoms with Crippen LogP contribution in [0.25, 0.3) is 0 Å². The van der Waals surface area contributed by atoms with Gasteiger partial charge in [-0.3, -0.25) is 0 Å². The molecule has 0 spiro atoms. The molecular weight excluding hydrogens is 319 g/mol. The molecule has 7 heteroatoms. The molecular formula is C9H5BrClFN2OS. The number of rotatable bonds is 3. The Morgan fingerprint density at radius 1 is 1.50 bits per heavy atom. The molecule has 0 unspecified atom stereocenters. The number of hydrogen-bond donors (Lipinski definition) is 0. The third-order valence-corrected chi connectivity index (χ3v) is 3.17. The number of aromatic nitrogens is 2. The minimum absolute atomic E-state index is 0.0549. The average Bonchev–Trinajstić information content (AvgIpc) is 2.66. The van der Waals surface area contributed by atoms with Crippen LogP contribution in [0.3, 0.4) is 0 Å². The zero-order valence-corrected chi connectivity index (χ0v) is 10.9. The summed E-state index contributed by atoms with van der Waals surface area (Å²) in [6.45, 7) is 0.151. The Balaban J connectivity index is 2.07. The van der Waals surface area contributed by atoms with Gasteiger partial charge in [-0.2, -0.15) is 0 Å². The summed E-state index contributed by atoms with van der Waals surface area (Å²) in [7, 11) is 0. The lowest BCUT2D eigenvalue weighted by molar-refractivity contribution is 0.276. The normalized spacial score (nSPS) is 10.4. The van der Waals surface area contributed by atoms with Gasteiger partial charge < -0.3 is 4.74 Å². The lowest BCUT2D eigenvalue weighted by atomic mass is 10.5. The summed E-state index contributed by atoms with van der Waals surface area (Å²) < 4.78 is 19.5. The molecule has 0 atom stereocenters. The summed E-state index contributed by atoms with van der Waals surface area (Å²) >= 11 is 10.1. The molecule has 0 aromatic carbocycles. The fourth-order valence-electron chi connectivity index (χ4n) is 0.987. The first-order valence-electron chi connectivity index (χ1n) is 4.20. The maximum absolute atomic E-state index is 13.2. The Morgan fingerprint density at radius 2 is 2.31 bits per heavy atom. The number of nitrogens with zero attached hydrogens (tertiary/aromatic N) is 2. The van der Waals surface area contributed by atoms with E-state index in [-0.39, 0.29) is 12.5 Å². The van der Waals surface area contributed by atoms with Crippen LogP contribution in [0.4, 0.5) is 4.39 Å². The van der Waals surface area contributed by atoms with E-state index in [1.54, 1.807) is 0 Å². The van der Waals surface area contributed by atoms with Gasteiger partial charge in [-0.25, -0.2) is 14.4 Å². The van der Waals surface area contributed by atoms with Crippen molar-refractivity contribution in [1.82, 2.24) is 9.97 Å². The minimum atomic E-state index is -0.508. The molecule has 0 radical (unpaired) electrons. The van der Waals surface area contributed by atoms with Crippen molar-refractivity contribution in [2.24, 2.45) is 0 Å². The number of pyridine rings is 1. The molecule has 0 saturated carbocycles. The molecule has 0 saturated heterocycles. The molecule has 0 amide bonds. The first-order chi connectivity index (χ1) is 7.65. The van der Waals surface area contributed by atoms with E-state index in [0.717, 1.165) is 0 Å². The first kappa shape index (κ1) is 11.8. The molecule has 2 heterocycles. The van der Waals surface area contributed by atoms with Crippen LogP contribution in [0.2, 0.25) is 4.34 Å². The molecule has 0 aliphatic rings. The van der Waals surface area contributed by atoms with Crippen LogP contribution in [0, 0.1) is 5.82 Å². The average molecular weight is 324 g/mol. The van der Waals surface area contributed by atoms with Gasteiger partial charge in [0, 0.05) is 0 Å². The summed E-state index contributed by atoms with van der Waals surface area (Å²) in [6, 6.07) is 2.78. The van der Waals surface area contributed by atoms with Gasteiger partial charge in [0.15, 0.2) is 5.82 Å². The van der Waals surface area contributed by atoms with Gasteiger partial charge in [0.05, 0.1) is 6.20 Å². The van der Waals surface area contributed by atoms with Crippen molar-refractivity contribution in [2.45, 2.75) is 6.61 Å². The molecule has 2 aromatic rings. The molecule has 16 heavy (non-hydrogen) atoms. The van der Waals surface area contributed by atoms with Gasteiger partial charge in [0.1, 0.15) is 20.6 Å². The smallest absolute Gasteiger partial charge is 0.251 e. The summed E-state index contributed by atoms with van der Waals surface area (Å²) in [5.41, 5.74) is 0. The fourth-order valence-corrected chi connectivity index (χ4v) is 2.15. The Hall–Kier alpha value is -0.720. The minimum Gasteiger partial charge on any atom is -0.468 e. The third-order valence-electron chi connectivity index (χ3n) is 1.64. The van der Waals surface area contributed by atoms with E-state index in [2.05, 4.69) is 25.9 Å². The zero-order chi connectivity index (χ0) is 11.5. The van der Waals surface area contributed by atoms with Gasteiger partial charge in [-0.15, -0.1) is 11.3 Å². The second-order valence-corrected chi connectivity index (χ2v) is 5.33. The van der Waals surface area contributed by atoms with Crippen molar-refractivity contribution < 1.29 is 9.13 Å². The van der Waals surface area contributed by atoms with Crippen LogP contribution in [-0.2, 0) is 6.61 Å². The molecule has 2 aromatic heterocycles. The van der Waals surface area contributed by atoms with Gasteiger partial charge >= 0.3 is 0 Å². The van der Waals surface area contributed by atoms with Crippen LogP contribution >= 0.6 is 38.9 Å². The molecule has 84 valence electrons. The largest absolute Gasteiger partial charge is 0.468 e. The van der Waals surface area contributed by atoms with E-state index in [4.69, 9.17) is 16.3 Å². The number of ether oxygens (including phenoxy) is 1. The maximum Gasteiger partial charge on any atom is 0.251 e. The molecule has 2 rings (SSSR count). The van der Waals surface area contributed by atoms with E-state index in [0.29, 0.717) is 13.9 Å². The van der Waals surface area contributed by atoms with E-state index >= 15 is 0 Å². The van der Waals surface area contributed by atoms with E-state index in [9.17, 15) is 4.39 Å².